The summed E-state index contributed by atoms with van der Waals surface area (Å²) in [6.07, 6.45) is 0.842. The molecule has 1 aromatic carbocycles. The van der Waals surface area contributed by atoms with Crippen LogP contribution in [0.5, 0.6) is 0 Å². The van der Waals surface area contributed by atoms with Gasteiger partial charge in [-0.2, -0.15) is 11.3 Å². The van der Waals surface area contributed by atoms with Crippen LogP contribution in [0.2, 0.25) is 0 Å². The van der Waals surface area contributed by atoms with Crippen LogP contribution in [0.1, 0.15) is 23.6 Å². The summed E-state index contributed by atoms with van der Waals surface area (Å²) in [6.45, 7) is 3.30. The maximum atomic E-state index is 12.0. The molecule has 0 saturated carbocycles. The van der Waals surface area contributed by atoms with Crippen LogP contribution in [0, 0.1) is 0 Å². The molecule has 0 bridgehead atoms. The van der Waals surface area contributed by atoms with Gasteiger partial charge in [-0.05, 0) is 59.0 Å². The molecule has 2 aromatic rings. The van der Waals surface area contributed by atoms with Crippen LogP contribution >= 0.6 is 11.3 Å². The summed E-state index contributed by atoms with van der Waals surface area (Å²) in [6, 6.07) is 7.91. The minimum atomic E-state index is -0.170. The van der Waals surface area contributed by atoms with Gasteiger partial charge in [0, 0.05) is 11.7 Å². The fourth-order valence-corrected chi connectivity index (χ4v) is 3.14. The van der Waals surface area contributed by atoms with E-state index in [4.69, 9.17) is 4.74 Å². The monoisotopic (exact) mass is 302 g/mol. The van der Waals surface area contributed by atoms with E-state index in [1.54, 1.807) is 11.3 Å². The lowest BCUT2D eigenvalue weighted by Gasteiger charge is -2.14. The summed E-state index contributed by atoms with van der Waals surface area (Å²) in [7, 11) is 0. The molecular weight excluding hydrogens is 284 g/mol. The summed E-state index contributed by atoms with van der Waals surface area (Å²) in [5.74, 6) is 0. The van der Waals surface area contributed by atoms with E-state index in [0.717, 1.165) is 17.7 Å². The van der Waals surface area contributed by atoms with E-state index in [-0.39, 0.29) is 12.1 Å². The van der Waals surface area contributed by atoms with Crippen molar-refractivity contribution >= 4 is 23.1 Å². The molecule has 1 aliphatic rings. The fourth-order valence-electron chi connectivity index (χ4n) is 2.45. The first-order valence-electron chi connectivity index (χ1n) is 6.99. The molecule has 1 atom stereocenters. The van der Waals surface area contributed by atoms with E-state index in [9.17, 15) is 4.79 Å². The number of nitrogens with one attached hydrogen (secondary N) is 2. The first-order valence-corrected chi connectivity index (χ1v) is 7.93. The van der Waals surface area contributed by atoms with Crippen LogP contribution < -0.4 is 10.6 Å². The molecule has 2 amide bonds. The van der Waals surface area contributed by atoms with E-state index in [0.29, 0.717) is 13.2 Å². The highest BCUT2D eigenvalue weighted by Crippen LogP contribution is 2.23. The lowest BCUT2D eigenvalue weighted by atomic mass is 10.1. The molecule has 0 aliphatic carbocycles. The Morgan fingerprint density at radius 3 is 3.00 bits per heavy atom. The Balaban J connectivity index is 1.54. The molecular formula is C16H18N2O2S. The quantitative estimate of drug-likeness (QED) is 0.907. The van der Waals surface area contributed by atoms with Crippen molar-refractivity contribution in [3.8, 4) is 0 Å². The molecule has 0 fully saturated rings. The second kappa shape index (κ2) is 6.28. The van der Waals surface area contributed by atoms with Crippen molar-refractivity contribution in [3.63, 3.8) is 0 Å². The second-order valence-electron chi connectivity index (χ2n) is 5.31. The van der Waals surface area contributed by atoms with Crippen LogP contribution in [0.25, 0.3) is 0 Å². The van der Waals surface area contributed by atoms with Gasteiger partial charge in [-0.3, -0.25) is 0 Å². The molecule has 0 saturated heterocycles. The number of carbonyl (C=O) groups excluding carboxylic acids is 1. The summed E-state index contributed by atoms with van der Waals surface area (Å²) < 4.78 is 5.37. The number of benzene rings is 1. The molecule has 5 heteroatoms. The van der Waals surface area contributed by atoms with Crippen molar-refractivity contribution in [1.82, 2.24) is 5.32 Å². The van der Waals surface area contributed by atoms with Crippen LogP contribution in [-0.4, -0.2) is 12.1 Å². The van der Waals surface area contributed by atoms with E-state index in [1.165, 1.54) is 11.1 Å². The van der Waals surface area contributed by atoms with Gasteiger partial charge in [-0.1, -0.05) is 6.07 Å². The highest BCUT2D eigenvalue weighted by molar-refractivity contribution is 7.07. The lowest BCUT2D eigenvalue weighted by Crippen LogP contribution is -2.37. The molecule has 0 unspecified atom stereocenters. The minimum absolute atomic E-state index is 0.0948. The van der Waals surface area contributed by atoms with Crippen molar-refractivity contribution in [2.75, 3.05) is 5.32 Å². The van der Waals surface area contributed by atoms with Gasteiger partial charge >= 0.3 is 6.03 Å². The fraction of sp³-hybridized carbons (Fsp3) is 0.312. The Morgan fingerprint density at radius 1 is 1.33 bits per heavy atom. The zero-order valence-corrected chi connectivity index (χ0v) is 12.7. The average molecular weight is 302 g/mol. The predicted octanol–water partition coefficient (Wildman–Crippen LogP) is 3.53. The van der Waals surface area contributed by atoms with Crippen molar-refractivity contribution in [2.45, 2.75) is 32.6 Å². The Morgan fingerprint density at radius 2 is 2.19 bits per heavy atom. The molecule has 2 N–H and O–H groups in total. The van der Waals surface area contributed by atoms with Crippen LogP contribution in [0.4, 0.5) is 10.5 Å². The standard InChI is InChI=1S/C16H18N2O2S/c1-11(6-12-4-5-21-10-12)17-16(19)18-15-3-2-13-8-20-9-14(13)7-15/h2-5,7,10-11H,6,8-9H2,1H3,(H2,17,18,19)/t11-/m1/s1. The molecule has 2 heterocycles. The number of fused-ring (bicyclic) bond motifs is 1. The third-order valence-corrected chi connectivity index (χ3v) is 4.21. The van der Waals surface area contributed by atoms with E-state index in [2.05, 4.69) is 27.5 Å². The molecule has 0 spiro atoms. The van der Waals surface area contributed by atoms with Gasteiger partial charge in [-0.25, -0.2) is 4.79 Å². The molecule has 4 nitrogen and oxygen atoms in total. The smallest absolute Gasteiger partial charge is 0.319 e. The third kappa shape index (κ3) is 3.62. The van der Waals surface area contributed by atoms with Crippen molar-refractivity contribution in [2.24, 2.45) is 0 Å². The predicted molar refractivity (Wildman–Crippen MR) is 84.6 cm³/mol. The maximum absolute atomic E-state index is 12.0. The highest BCUT2D eigenvalue weighted by Gasteiger charge is 2.13. The maximum Gasteiger partial charge on any atom is 0.319 e. The number of anilines is 1. The van der Waals surface area contributed by atoms with E-state index < -0.39 is 0 Å². The summed E-state index contributed by atoms with van der Waals surface area (Å²) in [4.78, 5) is 12.0. The topological polar surface area (TPSA) is 50.4 Å². The average Bonchev–Trinajstić information content (AvgIpc) is 3.08. The number of ether oxygens (including phenoxy) is 1. The van der Waals surface area contributed by atoms with Crippen LogP contribution in [-0.2, 0) is 24.4 Å². The van der Waals surface area contributed by atoms with Gasteiger partial charge in [0.2, 0.25) is 0 Å². The zero-order chi connectivity index (χ0) is 14.7. The second-order valence-corrected chi connectivity index (χ2v) is 6.09. The zero-order valence-electron chi connectivity index (χ0n) is 11.9. The Labute approximate surface area is 128 Å². The van der Waals surface area contributed by atoms with Gasteiger partial charge in [-0.15, -0.1) is 0 Å². The molecule has 0 radical (unpaired) electrons. The number of carbonyl (C=O) groups is 1. The molecule has 21 heavy (non-hydrogen) atoms. The Bertz CT molecular complexity index is 625. The van der Waals surface area contributed by atoms with Gasteiger partial charge in [0.1, 0.15) is 0 Å². The highest BCUT2D eigenvalue weighted by atomic mass is 32.1. The number of urea groups is 1. The largest absolute Gasteiger partial charge is 0.372 e. The van der Waals surface area contributed by atoms with Crippen LogP contribution in [0.3, 0.4) is 0 Å². The first kappa shape index (κ1) is 14.1. The molecule has 3 rings (SSSR count). The summed E-state index contributed by atoms with van der Waals surface area (Å²) >= 11 is 1.67. The SMILES string of the molecule is C[C@H](Cc1ccsc1)NC(=O)Nc1ccc2c(c1)COC2. The number of thiophene rings is 1. The number of hydrogen-bond acceptors (Lipinski definition) is 3. The molecule has 1 aromatic heterocycles. The Hall–Kier alpha value is -1.85. The summed E-state index contributed by atoms with van der Waals surface area (Å²) in [5.41, 5.74) is 4.41. The van der Waals surface area contributed by atoms with Gasteiger partial charge in [0.15, 0.2) is 0 Å². The number of rotatable bonds is 4. The lowest BCUT2D eigenvalue weighted by molar-refractivity contribution is 0.134. The van der Waals surface area contributed by atoms with E-state index in [1.807, 2.05) is 25.1 Å². The first-order chi connectivity index (χ1) is 10.2. The third-order valence-electron chi connectivity index (χ3n) is 3.48. The normalized spacial score (nSPS) is 14.5. The summed E-state index contributed by atoms with van der Waals surface area (Å²) in [5, 5.41) is 9.99. The Kier molecular flexibility index (Phi) is 4.22. The van der Waals surface area contributed by atoms with E-state index >= 15 is 0 Å². The van der Waals surface area contributed by atoms with Crippen molar-refractivity contribution in [3.05, 3.63) is 51.7 Å². The van der Waals surface area contributed by atoms with Gasteiger partial charge < -0.3 is 15.4 Å². The van der Waals surface area contributed by atoms with Gasteiger partial charge in [0.25, 0.3) is 0 Å². The van der Waals surface area contributed by atoms with Crippen LogP contribution in [0.15, 0.2) is 35.0 Å². The number of amides is 2. The minimum Gasteiger partial charge on any atom is -0.372 e. The van der Waals surface area contributed by atoms with Crippen molar-refractivity contribution in [1.29, 1.82) is 0 Å². The molecule has 1 aliphatic heterocycles. The van der Waals surface area contributed by atoms with Crippen molar-refractivity contribution < 1.29 is 9.53 Å². The van der Waals surface area contributed by atoms with Gasteiger partial charge in [0.05, 0.1) is 13.2 Å². The number of hydrogen-bond donors (Lipinski definition) is 2. The molecule has 110 valence electrons.